The topological polar surface area (TPSA) is 37.8 Å². The van der Waals surface area contributed by atoms with Gasteiger partial charge < -0.3 is 5.32 Å². The van der Waals surface area contributed by atoms with Crippen molar-refractivity contribution in [2.45, 2.75) is 52.0 Å². The van der Waals surface area contributed by atoms with Crippen LogP contribution in [0.4, 0.5) is 5.82 Å². The van der Waals surface area contributed by atoms with E-state index in [1.807, 2.05) is 0 Å². The van der Waals surface area contributed by atoms with Crippen molar-refractivity contribution in [2.75, 3.05) is 5.32 Å². The van der Waals surface area contributed by atoms with E-state index in [2.05, 4.69) is 41.3 Å². The summed E-state index contributed by atoms with van der Waals surface area (Å²) in [6.07, 6.45) is 11.8. The molecule has 3 nitrogen and oxygen atoms in total. The van der Waals surface area contributed by atoms with Crippen molar-refractivity contribution in [3.05, 3.63) is 29.2 Å². The molecular formula is C15H22ClN3. The van der Waals surface area contributed by atoms with E-state index < -0.39 is 0 Å². The van der Waals surface area contributed by atoms with Crippen molar-refractivity contribution in [1.29, 1.82) is 0 Å². The monoisotopic (exact) mass is 279 g/mol. The number of hydrogen-bond acceptors (Lipinski definition) is 3. The lowest BCUT2D eigenvalue weighted by Crippen LogP contribution is -2.26. The number of anilines is 1. The van der Waals surface area contributed by atoms with Crippen LogP contribution in [0.5, 0.6) is 0 Å². The number of nitrogens with zero attached hydrogens (tertiary/aromatic N) is 2. The molecule has 0 saturated heterocycles. The molecule has 2 rings (SSSR count). The second-order valence-corrected chi connectivity index (χ2v) is 5.50. The Hall–Kier alpha value is -1.09. The third-order valence-corrected chi connectivity index (χ3v) is 4.17. The first-order chi connectivity index (χ1) is 9.24. The van der Waals surface area contributed by atoms with Crippen molar-refractivity contribution < 1.29 is 0 Å². The SMILES string of the molecule is CC=C[C@H]1CC[C@@H](Nc2ncnc(CC)c2Cl)CC1. The fourth-order valence-corrected chi connectivity index (χ4v) is 2.96. The largest absolute Gasteiger partial charge is 0.366 e. The van der Waals surface area contributed by atoms with Gasteiger partial charge in [0.15, 0.2) is 0 Å². The summed E-state index contributed by atoms with van der Waals surface area (Å²) < 4.78 is 0. The van der Waals surface area contributed by atoms with E-state index in [0.717, 1.165) is 23.9 Å². The molecule has 1 saturated carbocycles. The van der Waals surface area contributed by atoms with Crippen LogP contribution in [0.3, 0.4) is 0 Å². The average molecular weight is 280 g/mol. The lowest BCUT2D eigenvalue weighted by molar-refractivity contribution is 0.390. The first kappa shape index (κ1) is 14.3. The summed E-state index contributed by atoms with van der Waals surface area (Å²) in [5.74, 6) is 1.54. The van der Waals surface area contributed by atoms with Gasteiger partial charge in [0.1, 0.15) is 17.2 Å². The van der Waals surface area contributed by atoms with Gasteiger partial charge >= 0.3 is 0 Å². The summed E-state index contributed by atoms with van der Waals surface area (Å²) in [6.45, 7) is 4.15. The van der Waals surface area contributed by atoms with Gasteiger partial charge in [-0.3, -0.25) is 0 Å². The summed E-state index contributed by atoms with van der Waals surface area (Å²) in [4.78, 5) is 8.46. The molecule has 0 radical (unpaired) electrons. The molecule has 0 bridgehead atoms. The van der Waals surface area contributed by atoms with E-state index in [9.17, 15) is 0 Å². The highest BCUT2D eigenvalue weighted by Gasteiger charge is 2.20. The van der Waals surface area contributed by atoms with Crippen LogP contribution in [-0.2, 0) is 6.42 Å². The molecule has 1 aromatic heterocycles. The molecule has 0 atom stereocenters. The van der Waals surface area contributed by atoms with Crippen LogP contribution in [0.2, 0.25) is 5.02 Å². The van der Waals surface area contributed by atoms with Crippen molar-refractivity contribution in [2.24, 2.45) is 5.92 Å². The number of halogens is 1. The molecule has 4 heteroatoms. The fraction of sp³-hybridized carbons (Fsp3) is 0.600. The highest BCUT2D eigenvalue weighted by atomic mass is 35.5. The van der Waals surface area contributed by atoms with Gasteiger partial charge in [0.2, 0.25) is 0 Å². The maximum absolute atomic E-state index is 6.31. The Labute approximate surface area is 120 Å². The third-order valence-electron chi connectivity index (χ3n) is 3.77. The second-order valence-electron chi connectivity index (χ2n) is 5.12. The highest BCUT2D eigenvalue weighted by molar-refractivity contribution is 6.33. The van der Waals surface area contributed by atoms with Gasteiger partial charge in [-0.25, -0.2) is 9.97 Å². The van der Waals surface area contributed by atoms with Gasteiger partial charge in [-0.15, -0.1) is 0 Å². The number of allylic oxidation sites excluding steroid dienone is 2. The highest BCUT2D eigenvalue weighted by Crippen LogP contribution is 2.29. The average Bonchev–Trinajstić information content (AvgIpc) is 2.43. The Morgan fingerprint density at radius 1 is 1.32 bits per heavy atom. The Morgan fingerprint density at radius 2 is 2.05 bits per heavy atom. The minimum atomic E-state index is 0.485. The van der Waals surface area contributed by atoms with Crippen LogP contribution in [-0.4, -0.2) is 16.0 Å². The zero-order valence-electron chi connectivity index (χ0n) is 11.7. The standard InChI is InChI=1S/C15H22ClN3/c1-3-5-11-6-8-12(9-7-11)19-15-14(16)13(4-2)17-10-18-15/h3,5,10-12H,4,6-9H2,1-2H3,(H,17,18,19)/t11-,12+. The third kappa shape index (κ3) is 3.69. The minimum Gasteiger partial charge on any atom is -0.366 e. The summed E-state index contributed by atoms with van der Waals surface area (Å²) in [5, 5.41) is 4.16. The zero-order chi connectivity index (χ0) is 13.7. The quantitative estimate of drug-likeness (QED) is 0.838. The predicted molar refractivity (Wildman–Crippen MR) is 80.6 cm³/mol. The van der Waals surface area contributed by atoms with Crippen LogP contribution >= 0.6 is 11.6 Å². The second kappa shape index (κ2) is 6.90. The maximum Gasteiger partial charge on any atom is 0.148 e. The molecule has 1 aliphatic rings. The van der Waals surface area contributed by atoms with Crippen molar-refractivity contribution in [1.82, 2.24) is 9.97 Å². The van der Waals surface area contributed by atoms with Gasteiger partial charge in [0.25, 0.3) is 0 Å². The Morgan fingerprint density at radius 3 is 2.68 bits per heavy atom. The molecule has 0 aliphatic heterocycles. The summed E-state index contributed by atoms with van der Waals surface area (Å²) in [6, 6.07) is 0.485. The Balaban J connectivity index is 1.96. The molecule has 104 valence electrons. The number of nitrogens with one attached hydrogen (secondary N) is 1. The Bertz CT molecular complexity index is 437. The van der Waals surface area contributed by atoms with Crippen molar-refractivity contribution in [3.63, 3.8) is 0 Å². The maximum atomic E-state index is 6.31. The van der Waals surface area contributed by atoms with Crippen LogP contribution in [0.15, 0.2) is 18.5 Å². The van der Waals surface area contributed by atoms with E-state index in [-0.39, 0.29) is 0 Å². The molecule has 1 aromatic rings. The van der Waals surface area contributed by atoms with Gasteiger partial charge in [0, 0.05) is 6.04 Å². The molecule has 1 heterocycles. The summed E-state index contributed by atoms with van der Waals surface area (Å²) >= 11 is 6.31. The lowest BCUT2D eigenvalue weighted by Gasteiger charge is -2.28. The zero-order valence-corrected chi connectivity index (χ0v) is 12.5. The van der Waals surface area contributed by atoms with Gasteiger partial charge in [-0.2, -0.15) is 0 Å². The van der Waals surface area contributed by atoms with Crippen molar-refractivity contribution in [3.8, 4) is 0 Å². The van der Waals surface area contributed by atoms with Crippen LogP contribution in [0, 0.1) is 5.92 Å². The van der Waals surface area contributed by atoms with Crippen LogP contribution in [0.25, 0.3) is 0 Å². The molecule has 19 heavy (non-hydrogen) atoms. The fourth-order valence-electron chi connectivity index (χ4n) is 2.67. The molecule has 1 N–H and O–H groups in total. The number of aryl methyl sites for hydroxylation is 1. The predicted octanol–water partition coefficient (Wildman–Crippen LogP) is 4.24. The van der Waals surface area contributed by atoms with Crippen LogP contribution in [0.1, 0.15) is 45.2 Å². The van der Waals surface area contributed by atoms with Crippen molar-refractivity contribution >= 4 is 17.4 Å². The number of hydrogen-bond donors (Lipinski definition) is 1. The summed E-state index contributed by atoms with van der Waals surface area (Å²) in [7, 11) is 0. The molecule has 1 aliphatic carbocycles. The lowest BCUT2D eigenvalue weighted by atomic mass is 9.86. The normalized spacial score (nSPS) is 23.7. The molecule has 0 spiro atoms. The molecule has 1 fully saturated rings. The first-order valence-electron chi connectivity index (χ1n) is 7.13. The van der Waals surface area contributed by atoms with Gasteiger partial charge in [-0.05, 0) is 44.9 Å². The number of rotatable bonds is 4. The van der Waals surface area contributed by atoms with E-state index >= 15 is 0 Å². The number of aromatic nitrogens is 2. The van der Waals surface area contributed by atoms with E-state index in [1.165, 1.54) is 25.7 Å². The van der Waals surface area contributed by atoms with Crippen LogP contribution < -0.4 is 5.32 Å². The first-order valence-corrected chi connectivity index (χ1v) is 7.51. The summed E-state index contributed by atoms with van der Waals surface area (Å²) in [5.41, 5.74) is 0.918. The van der Waals surface area contributed by atoms with E-state index in [0.29, 0.717) is 11.1 Å². The minimum absolute atomic E-state index is 0.485. The van der Waals surface area contributed by atoms with E-state index in [4.69, 9.17) is 11.6 Å². The van der Waals surface area contributed by atoms with Gasteiger partial charge in [-0.1, -0.05) is 30.7 Å². The molecule has 0 amide bonds. The van der Waals surface area contributed by atoms with Gasteiger partial charge in [0.05, 0.1) is 5.69 Å². The molecular weight excluding hydrogens is 258 g/mol. The molecule has 0 aromatic carbocycles. The Kier molecular flexibility index (Phi) is 5.20. The smallest absolute Gasteiger partial charge is 0.148 e. The molecule has 0 unspecified atom stereocenters. The van der Waals surface area contributed by atoms with E-state index in [1.54, 1.807) is 6.33 Å².